The molecule has 0 bridgehead atoms. The van der Waals surface area contributed by atoms with E-state index in [9.17, 15) is 0 Å². The van der Waals surface area contributed by atoms with Crippen LogP contribution in [0.25, 0.3) is 0 Å². The molecular weight excluding hydrogens is 194 g/mol. The molecule has 1 aromatic rings. The van der Waals surface area contributed by atoms with Crippen LogP contribution in [-0.4, -0.2) is 23.4 Å². The monoisotopic (exact) mass is 207 g/mol. The number of hydrogen-bond acceptors (Lipinski definition) is 4. The summed E-state index contributed by atoms with van der Waals surface area (Å²) in [4.78, 5) is 2.14. The van der Waals surface area contributed by atoms with E-state index < -0.39 is 0 Å². The number of rotatable bonds is 1. The van der Waals surface area contributed by atoms with E-state index in [4.69, 9.17) is 0 Å². The summed E-state index contributed by atoms with van der Waals surface area (Å²) in [5, 5.41) is 5.28. The molecular formula is C10H13N3S. The lowest BCUT2D eigenvalue weighted by Crippen LogP contribution is -2.28. The molecule has 1 heterocycles. The maximum Gasteiger partial charge on any atom is 0.184 e. The van der Waals surface area contributed by atoms with Gasteiger partial charge >= 0.3 is 0 Å². The molecule has 14 heavy (non-hydrogen) atoms. The van der Waals surface area contributed by atoms with Gasteiger partial charge in [-0.05, 0) is 11.8 Å². The number of nitrogens with one attached hydrogen (secondary N) is 1. The Morgan fingerprint density at radius 3 is 2.64 bits per heavy atom. The van der Waals surface area contributed by atoms with Gasteiger partial charge in [0, 0.05) is 7.05 Å². The predicted molar refractivity (Wildman–Crippen MR) is 61.0 cm³/mol. The van der Waals surface area contributed by atoms with E-state index in [0.717, 1.165) is 5.17 Å². The zero-order valence-electron chi connectivity index (χ0n) is 8.27. The third kappa shape index (κ3) is 1.57. The van der Waals surface area contributed by atoms with Crippen molar-refractivity contribution in [2.75, 3.05) is 13.3 Å². The van der Waals surface area contributed by atoms with Crippen LogP contribution < -0.4 is 5.43 Å². The third-order valence-electron chi connectivity index (χ3n) is 2.27. The van der Waals surface area contributed by atoms with E-state index in [1.54, 1.807) is 11.8 Å². The van der Waals surface area contributed by atoms with Crippen molar-refractivity contribution in [1.82, 2.24) is 10.3 Å². The Bertz CT molecular complexity index is 336. The van der Waals surface area contributed by atoms with Crippen LogP contribution in [0.1, 0.15) is 11.7 Å². The Morgan fingerprint density at radius 1 is 1.36 bits per heavy atom. The third-order valence-corrected chi connectivity index (χ3v) is 3.01. The van der Waals surface area contributed by atoms with Gasteiger partial charge in [-0.2, -0.15) is 5.10 Å². The van der Waals surface area contributed by atoms with E-state index in [-0.39, 0.29) is 6.17 Å². The van der Waals surface area contributed by atoms with Gasteiger partial charge in [0.05, 0.1) is 0 Å². The Hall–Kier alpha value is -1.16. The summed E-state index contributed by atoms with van der Waals surface area (Å²) in [5.74, 6) is 0. The highest BCUT2D eigenvalue weighted by Gasteiger charge is 2.24. The summed E-state index contributed by atoms with van der Waals surface area (Å²) >= 11 is 1.65. The summed E-state index contributed by atoms with van der Waals surface area (Å²) < 4.78 is 0. The maximum atomic E-state index is 4.25. The van der Waals surface area contributed by atoms with Crippen LogP contribution in [0.3, 0.4) is 0 Å². The minimum Gasteiger partial charge on any atom is -0.327 e. The average molecular weight is 207 g/mol. The molecule has 1 N–H and O–H groups in total. The van der Waals surface area contributed by atoms with Crippen molar-refractivity contribution in [2.24, 2.45) is 5.10 Å². The Balaban J connectivity index is 2.17. The van der Waals surface area contributed by atoms with Gasteiger partial charge in [-0.1, -0.05) is 42.1 Å². The van der Waals surface area contributed by atoms with Crippen molar-refractivity contribution in [3.8, 4) is 0 Å². The number of hydrazone groups is 1. The van der Waals surface area contributed by atoms with E-state index in [0.29, 0.717) is 0 Å². The lowest BCUT2D eigenvalue weighted by molar-refractivity contribution is 0.363. The van der Waals surface area contributed by atoms with Crippen LogP contribution in [0.15, 0.2) is 35.4 Å². The highest BCUT2D eigenvalue weighted by Crippen LogP contribution is 2.23. The van der Waals surface area contributed by atoms with Crippen molar-refractivity contribution >= 4 is 16.9 Å². The standard InChI is InChI=1S/C10H13N3S/c1-13-9(11-12-10(13)14-2)8-6-4-3-5-7-8/h3-7,9,11H,1-2H3. The summed E-state index contributed by atoms with van der Waals surface area (Å²) in [6.45, 7) is 0. The lowest BCUT2D eigenvalue weighted by atomic mass is 10.2. The molecule has 0 radical (unpaired) electrons. The molecule has 0 amide bonds. The quantitative estimate of drug-likeness (QED) is 0.761. The molecule has 1 aliphatic heterocycles. The molecule has 0 aliphatic carbocycles. The molecule has 1 unspecified atom stereocenters. The van der Waals surface area contributed by atoms with Crippen molar-refractivity contribution in [2.45, 2.75) is 6.17 Å². The van der Waals surface area contributed by atoms with Gasteiger partial charge in [0.1, 0.15) is 6.17 Å². The zero-order chi connectivity index (χ0) is 9.97. The summed E-state index contributed by atoms with van der Waals surface area (Å²) in [5.41, 5.74) is 4.36. The van der Waals surface area contributed by atoms with E-state index in [1.807, 2.05) is 31.5 Å². The Morgan fingerprint density at radius 2 is 2.07 bits per heavy atom. The lowest BCUT2D eigenvalue weighted by Gasteiger charge is -2.21. The Labute approximate surface area is 88.2 Å². The summed E-state index contributed by atoms with van der Waals surface area (Å²) in [6.07, 6.45) is 2.21. The number of benzene rings is 1. The topological polar surface area (TPSA) is 27.6 Å². The zero-order valence-corrected chi connectivity index (χ0v) is 9.08. The first-order valence-electron chi connectivity index (χ1n) is 4.48. The molecule has 0 aromatic heterocycles. The fraction of sp³-hybridized carbons (Fsp3) is 0.300. The normalized spacial score (nSPS) is 20.6. The molecule has 0 fully saturated rings. The molecule has 0 spiro atoms. The molecule has 1 aromatic carbocycles. The first kappa shape index (κ1) is 9.40. The number of amidine groups is 1. The first-order valence-corrected chi connectivity index (χ1v) is 5.70. The second kappa shape index (κ2) is 3.92. The minimum atomic E-state index is 0.179. The van der Waals surface area contributed by atoms with Gasteiger partial charge in [-0.25, -0.2) is 0 Å². The SMILES string of the molecule is CSC1=NNC(c2ccccc2)N1C. The number of nitrogens with zero attached hydrogens (tertiary/aromatic N) is 2. The van der Waals surface area contributed by atoms with Crippen LogP contribution in [0.4, 0.5) is 0 Å². The van der Waals surface area contributed by atoms with Crippen LogP contribution in [-0.2, 0) is 0 Å². The van der Waals surface area contributed by atoms with Crippen molar-refractivity contribution < 1.29 is 0 Å². The second-order valence-electron chi connectivity index (χ2n) is 3.15. The molecule has 1 aliphatic rings. The van der Waals surface area contributed by atoms with Gasteiger partial charge < -0.3 is 4.90 Å². The van der Waals surface area contributed by atoms with Gasteiger partial charge in [-0.15, -0.1) is 0 Å². The molecule has 2 rings (SSSR count). The highest BCUT2D eigenvalue weighted by molar-refractivity contribution is 8.13. The smallest absolute Gasteiger partial charge is 0.184 e. The van der Waals surface area contributed by atoms with Gasteiger partial charge in [0.15, 0.2) is 5.17 Å². The van der Waals surface area contributed by atoms with Crippen LogP contribution >= 0.6 is 11.8 Å². The first-order chi connectivity index (χ1) is 6.83. The number of hydrogen-bond donors (Lipinski definition) is 1. The van der Waals surface area contributed by atoms with Gasteiger partial charge in [0.2, 0.25) is 0 Å². The fourth-order valence-electron chi connectivity index (χ4n) is 1.52. The van der Waals surface area contributed by atoms with Crippen molar-refractivity contribution in [1.29, 1.82) is 0 Å². The molecule has 4 heteroatoms. The largest absolute Gasteiger partial charge is 0.327 e. The minimum absolute atomic E-state index is 0.179. The van der Waals surface area contributed by atoms with Crippen molar-refractivity contribution in [3.05, 3.63) is 35.9 Å². The molecule has 3 nitrogen and oxygen atoms in total. The predicted octanol–water partition coefficient (Wildman–Crippen LogP) is 1.85. The van der Waals surface area contributed by atoms with Crippen LogP contribution in [0.5, 0.6) is 0 Å². The highest BCUT2D eigenvalue weighted by atomic mass is 32.2. The van der Waals surface area contributed by atoms with Crippen molar-refractivity contribution in [3.63, 3.8) is 0 Å². The fourth-order valence-corrected chi connectivity index (χ4v) is 2.05. The second-order valence-corrected chi connectivity index (χ2v) is 3.93. The van der Waals surface area contributed by atoms with E-state index in [1.165, 1.54) is 5.56 Å². The summed E-state index contributed by atoms with van der Waals surface area (Å²) in [7, 11) is 2.05. The number of thioether (sulfide) groups is 1. The van der Waals surface area contributed by atoms with Crippen LogP contribution in [0.2, 0.25) is 0 Å². The molecule has 0 saturated heterocycles. The molecule has 74 valence electrons. The maximum absolute atomic E-state index is 4.25. The van der Waals surface area contributed by atoms with Gasteiger partial charge in [0.25, 0.3) is 0 Å². The summed E-state index contributed by atoms with van der Waals surface area (Å²) in [6, 6.07) is 10.3. The Kier molecular flexibility index (Phi) is 2.63. The molecule has 0 saturated carbocycles. The molecule has 1 atom stereocenters. The van der Waals surface area contributed by atoms with Gasteiger partial charge in [-0.3, -0.25) is 5.43 Å². The van der Waals surface area contributed by atoms with Crippen LogP contribution in [0, 0.1) is 0 Å². The van der Waals surface area contributed by atoms with E-state index in [2.05, 4.69) is 27.6 Å². The van der Waals surface area contributed by atoms with E-state index >= 15 is 0 Å². The average Bonchev–Trinajstić information content (AvgIpc) is 2.61.